The van der Waals surface area contributed by atoms with E-state index in [1.807, 2.05) is 29.2 Å². The van der Waals surface area contributed by atoms with Gasteiger partial charge in [-0.3, -0.25) is 9.69 Å². The first-order valence-corrected chi connectivity index (χ1v) is 12.8. The molecule has 174 valence electrons. The highest BCUT2D eigenvalue weighted by molar-refractivity contribution is 7.09. The predicted octanol–water partition coefficient (Wildman–Crippen LogP) is 6.50. The molecular weight excluding hydrogens is 452 g/mol. The van der Waals surface area contributed by atoms with Gasteiger partial charge in [0.15, 0.2) is 0 Å². The van der Waals surface area contributed by atoms with Crippen molar-refractivity contribution in [2.24, 2.45) is 0 Å². The summed E-state index contributed by atoms with van der Waals surface area (Å²) in [6.07, 6.45) is 4.05. The van der Waals surface area contributed by atoms with Crippen LogP contribution in [-0.4, -0.2) is 41.9 Å². The molecule has 3 aromatic rings. The molecular formula is C27H31ClN2O2S. The molecule has 0 radical (unpaired) electrons. The molecule has 1 amide bonds. The van der Waals surface area contributed by atoms with Crippen LogP contribution in [-0.2, 0) is 13.1 Å². The summed E-state index contributed by atoms with van der Waals surface area (Å²) in [6.45, 7) is 3.26. The first-order valence-electron chi connectivity index (χ1n) is 11.6. The molecule has 1 aliphatic rings. The van der Waals surface area contributed by atoms with Crippen molar-refractivity contribution in [2.75, 3.05) is 20.2 Å². The van der Waals surface area contributed by atoms with E-state index in [4.69, 9.17) is 16.3 Å². The predicted molar refractivity (Wildman–Crippen MR) is 136 cm³/mol. The molecule has 4 rings (SSSR count). The number of halogens is 1. The Morgan fingerprint density at radius 2 is 1.97 bits per heavy atom. The lowest BCUT2D eigenvalue weighted by Gasteiger charge is -2.36. The van der Waals surface area contributed by atoms with Crippen LogP contribution in [0.15, 0.2) is 66.0 Å². The molecule has 0 aliphatic carbocycles. The fraction of sp³-hybridized carbons (Fsp3) is 0.370. The lowest BCUT2D eigenvalue weighted by atomic mass is 9.98. The van der Waals surface area contributed by atoms with Gasteiger partial charge in [-0.25, -0.2) is 0 Å². The number of amides is 1. The molecule has 0 bridgehead atoms. The zero-order valence-corrected chi connectivity index (χ0v) is 20.7. The zero-order chi connectivity index (χ0) is 23.0. The number of hydrogen-bond acceptors (Lipinski definition) is 4. The van der Waals surface area contributed by atoms with Crippen LogP contribution in [0.5, 0.6) is 5.75 Å². The topological polar surface area (TPSA) is 32.8 Å². The average Bonchev–Trinajstić information content (AvgIpc) is 3.33. The van der Waals surface area contributed by atoms with E-state index >= 15 is 0 Å². The standard InChI is InChI=1S/C27H31ClN2O2S/c1-29(20-26-9-5-17-33-26)19-21-10-12-25(13-11-21)32-16-14-24-8-2-3-15-30(24)27(31)22-6-4-7-23(28)18-22/h4-7,9-13,17-18,24H,2-3,8,14-16,19-20H2,1H3/t24-/m1/s1. The monoisotopic (exact) mass is 482 g/mol. The number of carbonyl (C=O) groups is 1. The molecule has 33 heavy (non-hydrogen) atoms. The summed E-state index contributed by atoms with van der Waals surface area (Å²) in [6, 6.07) is 20.1. The third-order valence-electron chi connectivity index (χ3n) is 6.06. The third kappa shape index (κ3) is 6.83. The molecule has 0 saturated carbocycles. The number of rotatable bonds is 9. The van der Waals surface area contributed by atoms with E-state index in [1.165, 1.54) is 10.4 Å². The van der Waals surface area contributed by atoms with Crippen molar-refractivity contribution in [3.63, 3.8) is 0 Å². The number of hydrogen-bond donors (Lipinski definition) is 0. The first-order chi connectivity index (χ1) is 16.1. The van der Waals surface area contributed by atoms with Crippen molar-refractivity contribution in [1.29, 1.82) is 0 Å². The van der Waals surface area contributed by atoms with E-state index in [9.17, 15) is 4.79 Å². The zero-order valence-electron chi connectivity index (χ0n) is 19.1. The highest BCUT2D eigenvalue weighted by atomic mass is 35.5. The number of benzene rings is 2. The van der Waals surface area contributed by atoms with Gasteiger partial charge in [-0.15, -0.1) is 11.3 Å². The SMILES string of the molecule is CN(Cc1ccc(OCC[C@H]2CCCCN2C(=O)c2cccc(Cl)c2)cc1)Cc1cccs1. The third-order valence-corrected chi connectivity index (χ3v) is 7.16. The summed E-state index contributed by atoms with van der Waals surface area (Å²) < 4.78 is 6.04. The lowest BCUT2D eigenvalue weighted by molar-refractivity contribution is 0.0580. The van der Waals surface area contributed by atoms with Crippen molar-refractivity contribution >= 4 is 28.8 Å². The second kappa shape index (κ2) is 11.7. The molecule has 1 fully saturated rings. The Balaban J connectivity index is 1.26. The number of piperidine rings is 1. The lowest BCUT2D eigenvalue weighted by Crippen LogP contribution is -2.44. The summed E-state index contributed by atoms with van der Waals surface area (Å²) in [5, 5.41) is 2.72. The van der Waals surface area contributed by atoms with Crippen LogP contribution in [0, 0.1) is 0 Å². The fourth-order valence-corrected chi connectivity index (χ4v) is 5.37. The Bertz CT molecular complexity index is 1020. The van der Waals surface area contributed by atoms with E-state index < -0.39 is 0 Å². The van der Waals surface area contributed by atoms with Crippen LogP contribution in [0.25, 0.3) is 0 Å². The van der Waals surface area contributed by atoms with Crippen LogP contribution >= 0.6 is 22.9 Å². The minimum atomic E-state index is 0.0678. The van der Waals surface area contributed by atoms with Crippen LogP contribution in [0.4, 0.5) is 0 Å². The number of nitrogens with zero attached hydrogens (tertiary/aromatic N) is 2. The van der Waals surface area contributed by atoms with Crippen molar-refractivity contribution in [2.45, 2.75) is 44.8 Å². The van der Waals surface area contributed by atoms with Gasteiger partial charge >= 0.3 is 0 Å². The smallest absolute Gasteiger partial charge is 0.254 e. The Morgan fingerprint density at radius 3 is 2.73 bits per heavy atom. The van der Waals surface area contributed by atoms with E-state index in [0.29, 0.717) is 17.2 Å². The quantitative estimate of drug-likeness (QED) is 0.349. The van der Waals surface area contributed by atoms with Crippen LogP contribution in [0.3, 0.4) is 0 Å². The molecule has 2 heterocycles. The molecule has 0 spiro atoms. The Labute approximate surface area is 205 Å². The van der Waals surface area contributed by atoms with Gasteiger partial charge in [0.05, 0.1) is 6.61 Å². The normalized spacial score (nSPS) is 16.2. The van der Waals surface area contributed by atoms with Gasteiger partial charge < -0.3 is 9.64 Å². The summed E-state index contributed by atoms with van der Waals surface area (Å²) in [5.74, 6) is 0.946. The maximum absolute atomic E-state index is 13.0. The van der Waals surface area contributed by atoms with Crippen LogP contribution in [0.1, 0.15) is 46.5 Å². The van der Waals surface area contributed by atoms with Crippen LogP contribution in [0.2, 0.25) is 5.02 Å². The van der Waals surface area contributed by atoms with Gasteiger partial charge in [-0.05, 0) is 73.7 Å². The molecule has 6 heteroatoms. The summed E-state index contributed by atoms with van der Waals surface area (Å²) in [7, 11) is 2.14. The molecule has 1 atom stereocenters. The van der Waals surface area contributed by atoms with Gasteiger partial charge in [-0.1, -0.05) is 35.9 Å². The summed E-state index contributed by atoms with van der Waals surface area (Å²) in [4.78, 5) is 18.7. The van der Waals surface area contributed by atoms with Crippen LogP contribution < -0.4 is 4.74 Å². The Morgan fingerprint density at radius 1 is 1.12 bits per heavy atom. The van der Waals surface area contributed by atoms with Gasteiger partial charge in [-0.2, -0.15) is 0 Å². The first kappa shape index (κ1) is 23.8. The van der Waals surface area contributed by atoms with Gasteiger partial charge in [0, 0.05) is 47.6 Å². The summed E-state index contributed by atoms with van der Waals surface area (Å²) >= 11 is 7.89. The fourth-order valence-electron chi connectivity index (χ4n) is 4.40. The molecule has 1 saturated heterocycles. The number of carbonyl (C=O) groups excluding carboxylic acids is 1. The van der Waals surface area contributed by atoms with E-state index in [-0.39, 0.29) is 11.9 Å². The Kier molecular flexibility index (Phi) is 8.43. The van der Waals surface area contributed by atoms with E-state index in [0.717, 1.165) is 51.1 Å². The van der Waals surface area contributed by atoms with Gasteiger partial charge in [0.25, 0.3) is 5.91 Å². The molecule has 0 N–H and O–H groups in total. The molecule has 2 aromatic carbocycles. The largest absolute Gasteiger partial charge is 0.494 e. The average molecular weight is 483 g/mol. The minimum Gasteiger partial charge on any atom is -0.494 e. The van der Waals surface area contributed by atoms with Crippen molar-refractivity contribution in [1.82, 2.24) is 9.80 Å². The molecule has 4 nitrogen and oxygen atoms in total. The Hall–Kier alpha value is -2.34. The number of likely N-dealkylation sites (tertiary alicyclic amines) is 1. The highest BCUT2D eigenvalue weighted by Crippen LogP contribution is 2.24. The van der Waals surface area contributed by atoms with E-state index in [2.05, 4.69) is 41.6 Å². The van der Waals surface area contributed by atoms with Gasteiger partial charge in [0.1, 0.15) is 5.75 Å². The molecule has 1 aromatic heterocycles. The molecule has 1 aliphatic heterocycles. The van der Waals surface area contributed by atoms with Gasteiger partial charge in [0.2, 0.25) is 0 Å². The number of thiophene rings is 1. The maximum Gasteiger partial charge on any atom is 0.254 e. The second-order valence-electron chi connectivity index (χ2n) is 8.69. The van der Waals surface area contributed by atoms with Crippen molar-refractivity contribution in [3.8, 4) is 5.75 Å². The van der Waals surface area contributed by atoms with Crippen molar-refractivity contribution < 1.29 is 9.53 Å². The minimum absolute atomic E-state index is 0.0678. The second-order valence-corrected chi connectivity index (χ2v) is 10.2. The maximum atomic E-state index is 13.0. The highest BCUT2D eigenvalue weighted by Gasteiger charge is 2.27. The molecule has 0 unspecified atom stereocenters. The summed E-state index contributed by atoms with van der Waals surface area (Å²) in [5.41, 5.74) is 1.93. The van der Waals surface area contributed by atoms with Crippen molar-refractivity contribution in [3.05, 3.63) is 87.1 Å². The van der Waals surface area contributed by atoms with E-state index in [1.54, 1.807) is 23.5 Å². The number of ether oxygens (including phenoxy) is 1.